The fourth-order valence-corrected chi connectivity index (χ4v) is 4.70. The van der Waals surface area contributed by atoms with Crippen LogP contribution < -0.4 is 4.72 Å². The summed E-state index contributed by atoms with van der Waals surface area (Å²) >= 11 is 0. The van der Waals surface area contributed by atoms with Crippen LogP contribution in [0.25, 0.3) is 33.1 Å². The lowest BCUT2D eigenvalue weighted by Gasteiger charge is -2.10. The van der Waals surface area contributed by atoms with Crippen LogP contribution in [-0.4, -0.2) is 23.0 Å². The molecule has 144 valence electrons. The van der Waals surface area contributed by atoms with Gasteiger partial charge in [0.2, 0.25) is 0 Å². The van der Waals surface area contributed by atoms with E-state index in [1.165, 1.54) is 0 Å². The number of nitrogens with one attached hydrogen (secondary N) is 2. The molecular weight excluding hydrogens is 384 g/mol. The Kier molecular flexibility index (Phi) is 3.92. The number of aryl methyl sites for hydroxylation is 1. The molecule has 0 fully saturated rings. The van der Waals surface area contributed by atoms with Gasteiger partial charge in [0.25, 0.3) is 10.0 Å². The van der Waals surface area contributed by atoms with E-state index < -0.39 is 10.0 Å². The van der Waals surface area contributed by atoms with Crippen molar-refractivity contribution < 1.29 is 8.42 Å². The Balaban J connectivity index is 1.66. The van der Waals surface area contributed by atoms with Gasteiger partial charge in [0.15, 0.2) is 0 Å². The van der Waals surface area contributed by atoms with Crippen LogP contribution in [0.15, 0.2) is 84.1 Å². The second kappa shape index (κ2) is 6.49. The van der Waals surface area contributed by atoms with Crippen molar-refractivity contribution in [1.29, 1.82) is 0 Å². The summed E-state index contributed by atoms with van der Waals surface area (Å²) in [5.74, 6) is 0. The second-order valence-electron chi connectivity index (χ2n) is 6.90. The molecule has 29 heavy (non-hydrogen) atoms. The molecule has 2 N–H and O–H groups in total. The van der Waals surface area contributed by atoms with Crippen LogP contribution in [-0.2, 0) is 17.1 Å². The largest absolute Gasteiger partial charge is 0.351 e. The summed E-state index contributed by atoms with van der Waals surface area (Å²) in [7, 11) is -1.71. The molecule has 3 aromatic heterocycles. The molecule has 0 aliphatic rings. The molecule has 0 amide bonds. The highest BCUT2D eigenvalue weighted by Gasteiger charge is 2.18. The number of pyridine rings is 1. The first kappa shape index (κ1) is 17.5. The molecule has 0 spiro atoms. The van der Waals surface area contributed by atoms with E-state index in [4.69, 9.17) is 0 Å². The van der Waals surface area contributed by atoms with Gasteiger partial charge in [0.05, 0.1) is 16.0 Å². The molecular formula is C22H18N4O2S. The van der Waals surface area contributed by atoms with Crippen LogP contribution in [0.2, 0.25) is 0 Å². The van der Waals surface area contributed by atoms with Gasteiger partial charge in [-0.1, -0.05) is 30.3 Å². The fraction of sp³-hybridized carbons (Fsp3) is 0.0455. The van der Waals surface area contributed by atoms with E-state index in [1.807, 2.05) is 25.5 Å². The number of hydrogen-bond acceptors (Lipinski definition) is 3. The van der Waals surface area contributed by atoms with Gasteiger partial charge >= 0.3 is 0 Å². The molecule has 5 aromatic rings. The van der Waals surface area contributed by atoms with Crippen molar-refractivity contribution in [2.45, 2.75) is 4.90 Å². The van der Waals surface area contributed by atoms with Gasteiger partial charge in [-0.25, -0.2) is 13.4 Å². The summed E-state index contributed by atoms with van der Waals surface area (Å²) in [5.41, 5.74) is 4.09. The van der Waals surface area contributed by atoms with Gasteiger partial charge in [-0.15, -0.1) is 0 Å². The van der Waals surface area contributed by atoms with E-state index in [0.717, 1.165) is 27.4 Å². The fourth-order valence-electron chi connectivity index (χ4n) is 3.60. The van der Waals surface area contributed by atoms with Crippen molar-refractivity contribution in [3.05, 3.63) is 79.3 Å². The maximum absolute atomic E-state index is 12.9. The Morgan fingerprint density at radius 1 is 1.03 bits per heavy atom. The van der Waals surface area contributed by atoms with Crippen LogP contribution in [0.1, 0.15) is 0 Å². The Morgan fingerprint density at radius 2 is 1.86 bits per heavy atom. The highest BCUT2D eigenvalue weighted by molar-refractivity contribution is 7.92. The maximum atomic E-state index is 12.9. The van der Waals surface area contributed by atoms with E-state index in [0.29, 0.717) is 11.3 Å². The molecule has 0 saturated heterocycles. The van der Waals surface area contributed by atoms with Crippen molar-refractivity contribution in [3.63, 3.8) is 0 Å². The van der Waals surface area contributed by atoms with Crippen molar-refractivity contribution in [2.24, 2.45) is 7.05 Å². The van der Waals surface area contributed by atoms with E-state index in [9.17, 15) is 8.42 Å². The highest BCUT2D eigenvalue weighted by atomic mass is 32.2. The predicted molar refractivity (Wildman–Crippen MR) is 115 cm³/mol. The summed E-state index contributed by atoms with van der Waals surface area (Å²) < 4.78 is 30.5. The summed E-state index contributed by atoms with van der Waals surface area (Å²) in [6.07, 6.45) is 5.47. The number of aromatic nitrogens is 3. The van der Waals surface area contributed by atoms with Gasteiger partial charge in [-0.05, 0) is 41.3 Å². The van der Waals surface area contributed by atoms with Crippen molar-refractivity contribution in [1.82, 2.24) is 14.5 Å². The molecule has 7 heteroatoms. The summed E-state index contributed by atoms with van der Waals surface area (Å²) in [5, 5.41) is 1.89. The molecule has 0 atom stereocenters. The lowest BCUT2D eigenvalue weighted by Crippen LogP contribution is -2.13. The summed E-state index contributed by atoms with van der Waals surface area (Å²) in [4.78, 5) is 7.74. The lowest BCUT2D eigenvalue weighted by atomic mass is 10.0. The first-order valence-electron chi connectivity index (χ1n) is 9.12. The van der Waals surface area contributed by atoms with Crippen LogP contribution in [0, 0.1) is 0 Å². The molecule has 5 rings (SSSR count). The van der Waals surface area contributed by atoms with E-state index in [1.54, 1.807) is 42.6 Å². The normalized spacial score (nSPS) is 11.9. The average Bonchev–Trinajstić information content (AvgIpc) is 3.33. The monoisotopic (exact) mass is 402 g/mol. The van der Waals surface area contributed by atoms with Crippen molar-refractivity contribution in [3.8, 4) is 11.1 Å². The van der Waals surface area contributed by atoms with Crippen LogP contribution >= 0.6 is 0 Å². The van der Waals surface area contributed by atoms with Gasteiger partial charge in [0, 0.05) is 36.7 Å². The molecule has 0 saturated carbocycles. The standard InChI is InChI=1S/C22H18N4O2S/c1-26-12-10-15-7-8-16(13-20(15)26)18-14-24-22-21(18)19(9-11-23-22)25-29(27,28)17-5-3-2-4-6-17/h2-14H,1H3,(H2,23,24,25). The SMILES string of the molecule is Cn1ccc2ccc(-c3c[nH]c4nccc(NS(=O)(=O)c5ccccc5)c34)cc21. The second-order valence-corrected chi connectivity index (χ2v) is 8.59. The topological polar surface area (TPSA) is 79.8 Å². The van der Waals surface area contributed by atoms with Crippen molar-refractivity contribution in [2.75, 3.05) is 4.72 Å². The number of rotatable bonds is 4. The van der Waals surface area contributed by atoms with Gasteiger partial charge in [-0.3, -0.25) is 4.72 Å². The maximum Gasteiger partial charge on any atom is 0.261 e. The lowest BCUT2D eigenvalue weighted by molar-refractivity contribution is 0.601. The van der Waals surface area contributed by atoms with Gasteiger partial charge < -0.3 is 9.55 Å². The van der Waals surface area contributed by atoms with Crippen molar-refractivity contribution >= 4 is 37.6 Å². The third kappa shape index (κ3) is 2.96. The number of hydrogen-bond donors (Lipinski definition) is 2. The van der Waals surface area contributed by atoms with E-state index >= 15 is 0 Å². The predicted octanol–water partition coefficient (Wildman–Crippen LogP) is 4.52. The first-order chi connectivity index (χ1) is 14.0. The third-order valence-electron chi connectivity index (χ3n) is 5.07. The van der Waals surface area contributed by atoms with Crippen LogP contribution in [0.4, 0.5) is 5.69 Å². The number of benzene rings is 2. The smallest absolute Gasteiger partial charge is 0.261 e. The number of aromatic amines is 1. The molecule has 3 heterocycles. The minimum absolute atomic E-state index is 0.215. The molecule has 6 nitrogen and oxygen atoms in total. The number of fused-ring (bicyclic) bond motifs is 2. The average molecular weight is 402 g/mol. The Labute approximate surface area is 167 Å². The number of nitrogens with zero attached hydrogens (tertiary/aromatic N) is 2. The summed E-state index contributed by atoms with van der Waals surface area (Å²) in [6, 6.07) is 18.3. The minimum atomic E-state index is -3.71. The minimum Gasteiger partial charge on any atom is -0.351 e. The molecule has 0 aliphatic carbocycles. The Hall–Kier alpha value is -3.58. The molecule has 0 aliphatic heterocycles. The zero-order chi connectivity index (χ0) is 20.0. The first-order valence-corrected chi connectivity index (χ1v) is 10.6. The third-order valence-corrected chi connectivity index (χ3v) is 6.45. The van der Waals surface area contributed by atoms with Crippen LogP contribution in [0.5, 0.6) is 0 Å². The summed E-state index contributed by atoms with van der Waals surface area (Å²) in [6.45, 7) is 0. The zero-order valence-electron chi connectivity index (χ0n) is 15.6. The number of anilines is 1. The number of sulfonamides is 1. The molecule has 0 radical (unpaired) electrons. The van der Waals surface area contributed by atoms with E-state index in [-0.39, 0.29) is 4.90 Å². The number of H-pyrrole nitrogens is 1. The Bertz CT molecular complexity index is 1450. The molecule has 0 unspecified atom stereocenters. The van der Waals surface area contributed by atoms with Gasteiger partial charge in [-0.2, -0.15) is 0 Å². The Morgan fingerprint density at radius 3 is 2.69 bits per heavy atom. The molecule has 0 bridgehead atoms. The quantitative estimate of drug-likeness (QED) is 0.464. The van der Waals surface area contributed by atoms with Gasteiger partial charge in [0.1, 0.15) is 5.65 Å². The highest BCUT2D eigenvalue weighted by Crippen LogP contribution is 2.35. The van der Waals surface area contributed by atoms with Crippen LogP contribution in [0.3, 0.4) is 0 Å². The van der Waals surface area contributed by atoms with E-state index in [2.05, 4.69) is 37.5 Å². The zero-order valence-corrected chi connectivity index (χ0v) is 16.4. The molecule has 2 aromatic carbocycles.